The van der Waals surface area contributed by atoms with Gasteiger partial charge in [0.25, 0.3) is 5.56 Å². The zero-order chi connectivity index (χ0) is 21.1. The molecule has 0 atom stereocenters. The average molecular weight is 418 g/mol. The van der Waals surface area contributed by atoms with Crippen LogP contribution in [0.5, 0.6) is 11.8 Å². The fourth-order valence-electron chi connectivity index (χ4n) is 3.06. The minimum atomic E-state index is -0.484. The van der Waals surface area contributed by atoms with E-state index in [1.165, 1.54) is 4.57 Å². The summed E-state index contributed by atoms with van der Waals surface area (Å²) in [6, 6.07) is 11.5. The number of fused-ring (bicyclic) bond motifs is 1. The molecule has 0 fully saturated rings. The lowest BCUT2D eigenvalue weighted by Gasteiger charge is -2.10. The first kappa shape index (κ1) is 19.5. The monoisotopic (exact) mass is 418 g/mol. The second-order valence-electron chi connectivity index (χ2n) is 6.57. The predicted octanol–water partition coefficient (Wildman–Crippen LogP) is 4.03. The van der Waals surface area contributed by atoms with Crippen molar-refractivity contribution >= 4 is 35.8 Å². The first-order valence-electron chi connectivity index (χ1n) is 9.16. The normalized spacial score (nSPS) is 13.4. The summed E-state index contributed by atoms with van der Waals surface area (Å²) in [6.45, 7) is 4.30. The van der Waals surface area contributed by atoms with Crippen molar-refractivity contribution in [2.24, 2.45) is 4.99 Å². The SMILES string of the molecule is C=CCn1c(O)c(C=C2C=Nc3cnc(OCc4ccccc4)cc32)c(=O)[nH]c1=S. The highest BCUT2D eigenvalue weighted by Gasteiger charge is 2.17. The largest absolute Gasteiger partial charge is 0.494 e. The van der Waals surface area contributed by atoms with E-state index in [1.807, 2.05) is 30.3 Å². The molecule has 2 N–H and O–H groups in total. The van der Waals surface area contributed by atoms with E-state index in [9.17, 15) is 9.90 Å². The predicted molar refractivity (Wildman–Crippen MR) is 119 cm³/mol. The van der Waals surface area contributed by atoms with Crippen LogP contribution in [-0.4, -0.2) is 25.9 Å². The lowest BCUT2D eigenvalue weighted by Crippen LogP contribution is -2.16. The molecule has 0 bridgehead atoms. The molecule has 150 valence electrons. The number of aliphatic imine (C=N–C) groups is 1. The van der Waals surface area contributed by atoms with Gasteiger partial charge in [0.15, 0.2) is 4.77 Å². The quantitative estimate of drug-likeness (QED) is 0.466. The Morgan fingerprint density at radius 3 is 2.87 bits per heavy atom. The number of aromatic hydroxyl groups is 1. The summed E-state index contributed by atoms with van der Waals surface area (Å²) in [4.78, 5) is 23.6. The number of aromatic amines is 1. The van der Waals surface area contributed by atoms with Gasteiger partial charge in [0.1, 0.15) is 12.2 Å². The molecule has 2 aromatic heterocycles. The molecule has 4 rings (SSSR count). The number of hydrogen-bond acceptors (Lipinski definition) is 6. The van der Waals surface area contributed by atoms with Crippen molar-refractivity contribution in [2.75, 3.05) is 0 Å². The van der Waals surface area contributed by atoms with E-state index in [2.05, 4.69) is 21.5 Å². The molecule has 0 radical (unpaired) electrons. The molecule has 0 spiro atoms. The van der Waals surface area contributed by atoms with E-state index in [0.29, 0.717) is 23.7 Å². The Labute approximate surface area is 177 Å². The molecule has 3 heterocycles. The Morgan fingerprint density at radius 1 is 1.30 bits per heavy atom. The summed E-state index contributed by atoms with van der Waals surface area (Å²) in [5.41, 5.74) is 2.69. The fraction of sp³-hybridized carbons (Fsp3) is 0.0909. The van der Waals surface area contributed by atoms with Crippen LogP contribution < -0.4 is 10.3 Å². The first-order valence-corrected chi connectivity index (χ1v) is 9.57. The Kier molecular flexibility index (Phi) is 5.40. The van der Waals surface area contributed by atoms with Crippen molar-refractivity contribution in [2.45, 2.75) is 13.2 Å². The molecule has 1 aromatic carbocycles. The van der Waals surface area contributed by atoms with Gasteiger partial charge in [-0.3, -0.25) is 19.3 Å². The van der Waals surface area contributed by atoms with Gasteiger partial charge >= 0.3 is 0 Å². The first-order chi connectivity index (χ1) is 14.6. The van der Waals surface area contributed by atoms with Crippen molar-refractivity contribution < 1.29 is 9.84 Å². The van der Waals surface area contributed by atoms with Crippen molar-refractivity contribution in [1.29, 1.82) is 0 Å². The van der Waals surface area contributed by atoms with Crippen LogP contribution >= 0.6 is 12.2 Å². The summed E-state index contributed by atoms with van der Waals surface area (Å²) < 4.78 is 7.31. The second kappa shape index (κ2) is 8.30. The number of pyridine rings is 1. The van der Waals surface area contributed by atoms with Crippen LogP contribution in [0.3, 0.4) is 0 Å². The average Bonchev–Trinajstić information content (AvgIpc) is 3.15. The highest BCUT2D eigenvalue weighted by atomic mass is 32.1. The van der Waals surface area contributed by atoms with Gasteiger partial charge in [-0.2, -0.15) is 0 Å². The van der Waals surface area contributed by atoms with Crippen LogP contribution in [0.4, 0.5) is 5.69 Å². The number of nitrogens with one attached hydrogen (secondary N) is 1. The van der Waals surface area contributed by atoms with E-state index in [0.717, 1.165) is 11.1 Å². The third kappa shape index (κ3) is 3.85. The van der Waals surface area contributed by atoms with Gasteiger partial charge in [-0.05, 0) is 23.9 Å². The number of nitrogens with zero attached hydrogens (tertiary/aromatic N) is 3. The van der Waals surface area contributed by atoms with Gasteiger partial charge < -0.3 is 9.84 Å². The number of ether oxygens (including phenoxy) is 1. The smallest absolute Gasteiger partial charge is 0.262 e. The molecule has 8 heteroatoms. The van der Waals surface area contributed by atoms with E-state index >= 15 is 0 Å². The summed E-state index contributed by atoms with van der Waals surface area (Å²) in [7, 11) is 0. The number of H-pyrrole nitrogens is 1. The highest BCUT2D eigenvalue weighted by Crippen LogP contribution is 2.34. The van der Waals surface area contributed by atoms with E-state index in [-0.39, 0.29) is 22.8 Å². The van der Waals surface area contributed by atoms with Crippen molar-refractivity contribution in [3.63, 3.8) is 0 Å². The molecule has 0 unspecified atom stereocenters. The summed E-state index contributed by atoms with van der Waals surface area (Å²) >= 11 is 5.11. The highest BCUT2D eigenvalue weighted by molar-refractivity contribution is 7.71. The third-order valence-corrected chi connectivity index (χ3v) is 4.88. The molecule has 0 aliphatic carbocycles. The minimum Gasteiger partial charge on any atom is -0.494 e. The van der Waals surface area contributed by atoms with Crippen LogP contribution in [0.25, 0.3) is 11.6 Å². The standard InChI is InChI=1S/C22H18N4O3S/c1-2-8-26-21(28)17(20(27)25-22(26)30)9-15-11-23-18-12-24-19(10-16(15)18)29-13-14-6-4-3-5-7-14/h2-7,9-12,28H,1,8,13H2,(H,25,27,30). The van der Waals surface area contributed by atoms with Crippen LogP contribution in [0.1, 0.15) is 16.7 Å². The number of aromatic nitrogens is 3. The number of hydrogen-bond donors (Lipinski definition) is 2. The van der Waals surface area contributed by atoms with E-state index in [4.69, 9.17) is 17.0 Å². The Balaban J connectivity index is 1.68. The fourth-order valence-corrected chi connectivity index (χ4v) is 3.31. The molecule has 1 aliphatic rings. The van der Waals surface area contributed by atoms with Crippen molar-refractivity contribution in [3.05, 3.63) is 87.1 Å². The zero-order valence-corrected chi connectivity index (χ0v) is 16.7. The summed E-state index contributed by atoms with van der Waals surface area (Å²) in [5, 5.41) is 10.6. The molecule has 0 amide bonds. The number of rotatable bonds is 6. The van der Waals surface area contributed by atoms with Crippen LogP contribution in [0, 0.1) is 4.77 Å². The molecular formula is C22H18N4O3S. The zero-order valence-electron chi connectivity index (χ0n) is 15.9. The van der Waals surface area contributed by atoms with Crippen molar-refractivity contribution in [1.82, 2.24) is 14.5 Å². The summed E-state index contributed by atoms with van der Waals surface area (Å²) in [5.74, 6) is 0.211. The summed E-state index contributed by atoms with van der Waals surface area (Å²) in [6.07, 6.45) is 6.38. The molecule has 3 aromatic rings. The number of allylic oxidation sites excluding steroid dienone is 2. The Morgan fingerprint density at radius 2 is 2.10 bits per heavy atom. The molecule has 30 heavy (non-hydrogen) atoms. The van der Waals surface area contributed by atoms with Crippen LogP contribution in [0.2, 0.25) is 0 Å². The van der Waals surface area contributed by atoms with Gasteiger partial charge in [-0.1, -0.05) is 36.4 Å². The second-order valence-corrected chi connectivity index (χ2v) is 6.95. The molecular weight excluding hydrogens is 400 g/mol. The van der Waals surface area contributed by atoms with Gasteiger partial charge in [0, 0.05) is 30.0 Å². The Hall–Kier alpha value is -3.78. The molecule has 7 nitrogen and oxygen atoms in total. The van der Waals surface area contributed by atoms with Gasteiger partial charge in [0.2, 0.25) is 11.8 Å². The van der Waals surface area contributed by atoms with Gasteiger partial charge in [-0.25, -0.2) is 4.98 Å². The Bertz CT molecular complexity index is 1290. The minimum absolute atomic E-state index is 0.0864. The van der Waals surface area contributed by atoms with E-state index < -0.39 is 5.56 Å². The topological polar surface area (TPSA) is 92.5 Å². The lowest BCUT2D eigenvalue weighted by molar-refractivity contribution is 0.294. The lowest BCUT2D eigenvalue weighted by atomic mass is 10.1. The van der Waals surface area contributed by atoms with Crippen LogP contribution in [-0.2, 0) is 13.2 Å². The van der Waals surface area contributed by atoms with Gasteiger partial charge in [-0.15, -0.1) is 6.58 Å². The maximum atomic E-state index is 12.4. The van der Waals surface area contributed by atoms with Crippen LogP contribution in [0.15, 0.2) is 65.0 Å². The van der Waals surface area contributed by atoms with E-state index in [1.54, 1.807) is 30.6 Å². The number of benzene rings is 1. The maximum absolute atomic E-state index is 12.4. The molecule has 0 saturated carbocycles. The molecule has 0 saturated heterocycles. The van der Waals surface area contributed by atoms with Gasteiger partial charge in [0.05, 0.1) is 11.9 Å². The van der Waals surface area contributed by atoms with Crippen molar-refractivity contribution in [3.8, 4) is 11.8 Å². The third-order valence-electron chi connectivity index (χ3n) is 4.56. The molecule has 1 aliphatic heterocycles. The maximum Gasteiger partial charge on any atom is 0.262 e.